The highest BCUT2D eigenvalue weighted by molar-refractivity contribution is 14.0. The zero-order chi connectivity index (χ0) is 17.5. The third-order valence-electron chi connectivity index (χ3n) is 4.23. The highest BCUT2D eigenvalue weighted by Gasteiger charge is 2.24. The largest absolute Gasteiger partial charge is 0.378 e. The summed E-state index contributed by atoms with van der Waals surface area (Å²) in [6.45, 7) is 9.56. The predicted octanol–water partition coefficient (Wildman–Crippen LogP) is 2.14. The predicted molar refractivity (Wildman–Crippen MR) is 111 cm³/mol. The van der Waals surface area contributed by atoms with E-state index in [2.05, 4.69) is 29.1 Å². The van der Waals surface area contributed by atoms with E-state index in [4.69, 9.17) is 4.74 Å². The first-order valence-corrected chi connectivity index (χ1v) is 10.5. The van der Waals surface area contributed by atoms with Crippen LogP contribution in [0.2, 0.25) is 0 Å². The maximum Gasteiger partial charge on any atom is 0.193 e. The van der Waals surface area contributed by atoms with Crippen LogP contribution in [0.1, 0.15) is 40.0 Å². The Morgan fingerprint density at radius 1 is 1.33 bits per heavy atom. The summed E-state index contributed by atoms with van der Waals surface area (Å²) >= 11 is 0. The van der Waals surface area contributed by atoms with Crippen molar-refractivity contribution in [1.82, 2.24) is 10.2 Å². The minimum atomic E-state index is -2.92. The molecular formula is C16H34IN3O3S. The Bertz CT molecular complexity index is 487. The summed E-state index contributed by atoms with van der Waals surface area (Å²) in [6.07, 6.45) is 4.33. The normalized spacial score (nSPS) is 17.5. The van der Waals surface area contributed by atoms with Gasteiger partial charge in [-0.25, -0.2) is 8.42 Å². The number of nitrogens with zero attached hydrogens (tertiary/aromatic N) is 2. The minimum Gasteiger partial charge on any atom is -0.378 e. The molecule has 0 atom stereocenters. The summed E-state index contributed by atoms with van der Waals surface area (Å²) < 4.78 is 28.4. The van der Waals surface area contributed by atoms with Gasteiger partial charge in [-0.15, -0.1) is 24.0 Å². The van der Waals surface area contributed by atoms with Gasteiger partial charge in [0.1, 0.15) is 9.84 Å². The monoisotopic (exact) mass is 475 g/mol. The second kappa shape index (κ2) is 10.8. The van der Waals surface area contributed by atoms with Crippen molar-refractivity contribution in [1.29, 1.82) is 0 Å². The molecule has 1 saturated heterocycles. The summed E-state index contributed by atoms with van der Waals surface area (Å²) in [5, 5.41) is 3.40. The number of guanidine groups is 1. The van der Waals surface area contributed by atoms with Crippen molar-refractivity contribution in [3.8, 4) is 0 Å². The fourth-order valence-electron chi connectivity index (χ4n) is 2.67. The summed E-state index contributed by atoms with van der Waals surface area (Å²) in [7, 11) is -1.12. The van der Waals surface area contributed by atoms with E-state index >= 15 is 0 Å². The van der Waals surface area contributed by atoms with Gasteiger partial charge < -0.3 is 15.0 Å². The highest BCUT2D eigenvalue weighted by atomic mass is 127. The van der Waals surface area contributed by atoms with Crippen LogP contribution in [0.3, 0.4) is 0 Å². The van der Waals surface area contributed by atoms with Gasteiger partial charge in [0, 0.05) is 39.5 Å². The molecule has 0 radical (unpaired) electrons. The van der Waals surface area contributed by atoms with Crippen LogP contribution in [0.15, 0.2) is 4.99 Å². The molecule has 0 saturated carbocycles. The van der Waals surface area contributed by atoms with Crippen molar-refractivity contribution >= 4 is 39.8 Å². The van der Waals surface area contributed by atoms with Gasteiger partial charge in [-0.2, -0.15) is 0 Å². The number of likely N-dealkylation sites (tertiary alicyclic amines) is 1. The lowest BCUT2D eigenvalue weighted by atomic mass is 9.90. The highest BCUT2D eigenvalue weighted by Crippen LogP contribution is 2.20. The molecule has 1 fully saturated rings. The van der Waals surface area contributed by atoms with Crippen LogP contribution in [0.4, 0.5) is 0 Å². The van der Waals surface area contributed by atoms with Crippen molar-refractivity contribution in [2.75, 3.05) is 45.3 Å². The average Bonchev–Trinajstić information content (AvgIpc) is 2.47. The van der Waals surface area contributed by atoms with E-state index in [0.29, 0.717) is 19.1 Å². The van der Waals surface area contributed by atoms with Crippen LogP contribution in [0.5, 0.6) is 0 Å². The number of piperidine rings is 1. The minimum absolute atomic E-state index is 0. The third kappa shape index (κ3) is 9.41. The van der Waals surface area contributed by atoms with E-state index in [0.717, 1.165) is 38.5 Å². The van der Waals surface area contributed by atoms with Crippen molar-refractivity contribution in [2.24, 2.45) is 10.4 Å². The van der Waals surface area contributed by atoms with E-state index < -0.39 is 9.84 Å². The summed E-state index contributed by atoms with van der Waals surface area (Å²) in [5.41, 5.74) is -0.0946. The van der Waals surface area contributed by atoms with Crippen LogP contribution in [0.25, 0.3) is 0 Å². The van der Waals surface area contributed by atoms with Gasteiger partial charge in [0.25, 0.3) is 0 Å². The van der Waals surface area contributed by atoms with Gasteiger partial charge in [-0.1, -0.05) is 13.8 Å². The maximum absolute atomic E-state index is 11.3. The first-order chi connectivity index (χ1) is 10.7. The van der Waals surface area contributed by atoms with E-state index in [1.807, 2.05) is 6.92 Å². The van der Waals surface area contributed by atoms with E-state index in [1.54, 1.807) is 7.05 Å². The molecule has 0 aliphatic carbocycles. The molecule has 1 heterocycles. The third-order valence-corrected chi connectivity index (χ3v) is 5.18. The molecule has 1 rings (SSSR count). The van der Waals surface area contributed by atoms with Crippen LogP contribution in [-0.2, 0) is 14.6 Å². The number of sulfone groups is 1. The van der Waals surface area contributed by atoms with Crippen LogP contribution in [0, 0.1) is 5.41 Å². The Hall–Kier alpha value is -0.0900. The number of ether oxygens (including phenoxy) is 1. The Morgan fingerprint density at radius 2 is 1.92 bits per heavy atom. The maximum atomic E-state index is 11.3. The molecule has 1 aliphatic rings. The topological polar surface area (TPSA) is 71.0 Å². The number of nitrogens with one attached hydrogen (secondary N) is 1. The van der Waals surface area contributed by atoms with Gasteiger partial charge in [0.15, 0.2) is 5.96 Å². The van der Waals surface area contributed by atoms with Crippen molar-refractivity contribution in [3.63, 3.8) is 0 Å². The van der Waals surface area contributed by atoms with Crippen molar-refractivity contribution in [2.45, 2.75) is 46.1 Å². The molecule has 6 nitrogen and oxygen atoms in total. The fraction of sp³-hybridized carbons (Fsp3) is 0.938. The lowest BCUT2D eigenvalue weighted by molar-refractivity contribution is 0.0263. The lowest BCUT2D eigenvalue weighted by Crippen LogP contribution is -2.49. The van der Waals surface area contributed by atoms with Gasteiger partial charge >= 0.3 is 0 Å². The molecule has 144 valence electrons. The Kier molecular flexibility index (Phi) is 10.8. The first-order valence-electron chi connectivity index (χ1n) is 8.42. The zero-order valence-electron chi connectivity index (χ0n) is 15.7. The second-order valence-corrected chi connectivity index (χ2v) is 9.35. The van der Waals surface area contributed by atoms with E-state index in [-0.39, 0.29) is 35.1 Å². The number of aliphatic imine (C=N–C) groups is 1. The molecule has 8 heteroatoms. The molecule has 0 aromatic heterocycles. The molecule has 1 N–H and O–H groups in total. The molecule has 0 aromatic rings. The second-order valence-electron chi connectivity index (χ2n) is 7.09. The summed E-state index contributed by atoms with van der Waals surface area (Å²) in [5.74, 6) is 1.12. The molecule has 1 aliphatic heterocycles. The van der Waals surface area contributed by atoms with Crippen LogP contribution in [-0.4, -0.2) is 70.7 Å². The quantitative estimate of drug-likeness (QED) is 0.347. The van der Waals surface area contributed by atoms with Crippen molar-refractivity contribution < 1.29 is 13.2 Å². The Labute approximate surface area is 164 Å². The molecule has 0 amide bonds. The molecule has 0 spiro atoms. The molecular weight excluding hydrogens is 441 g/mol. The standard InChI is InChI=1S/C16H33N3O3S.HI/c1-6-22-14-7-10-19(11-8-14)15(17-4)18-13-16(2,3)9-12-23(5,20)21;/h14H,6-13H2,1-5H3,(H,17,18);1H. The van der Waals surface area contributed by atoms with Gasteiger partial charge in [0.2, 0.25) is 0 Å². The summed E-state index contributed by atoms with van der Waals surface area (Å²) in [6, 6.07) is 0. The van der Waals surface area contributed by atoms with Crippen LogP contribution < -0.4 is 5.32 Å². The van der Waals surface area contributed by atoms with Crippen molar-refractivity contribution in [3.05, 3.63) is 0 Å². The first kappa shape index (κ1) is 23.9. The molecule has 24 heavy (non-hydrogen) atoms. The van der Waals surface area contributed by atoms with E-state index in [9.17, 15) is 8.42 Å². The number of hydrogen-bond acceptors (Lipinski definition) is 4. The number of hydrogen-bond donors (Lipinski definition) is 1. The Morgan fingerprint density at radius 3 is 2.38 bits per heavy atom. The van der Waals surface area contributed by atoms with E-state index in [1.165, 1.54) is 6.26 Å². The molecule has 0 bridgehead atoms. The number of rotatable bonds is 7. The number of halogens is 1. The molecule has 0 unspecified atom stereocenters. The smallest absolute Gasteiger partial charge is 0.193 e. The molecule has 0 aromatic carbocycles. The zero-order valence-corrected chi connectivity index (χ0v) is 18.8. The summed E-state index contributed by atoms with van der Waals surface area (Å²) in [4.78, 5) is 6.62. The van der Waals surface area contributed by atoms with Gasteiger partial charge in [-0.05, 0) is 31.6 Å². The Balaban J connectivity index is 0.00000529. The van der Waals surface area contributed by atoms with Gasteiger partial charge in [0.05, 0.1) is 11.9 Å². The van der Waals surface area contributed by atoms with Crippen LogP contribution >= 0.6 is 24.0 Å². The fourth-order valence-corrected chi connectivity index (χ4v) is 3.59. The SMILES string of the molecule is CCOC1CCN(C(=NC)NCC(C)(C)CCS(C)(=O)=O)CC1.I. The van der Waals surface area contributed by atoms with Gasteiger partial charge in [-0.3, -0.25) is 4.99 Å². The lowest BCUT2D eigenvalue weighted by Gasteiger charge is -2.35. The average molecular weight is 475 g/mol.